The standard InChI is InChI=1S/C16H18N2OS.ClH/c1-11-7-8-15(20-11)16(19)18-9-13(14(17)10-18)12-5-3-2-4-6-12;/h2-8,13-14H,9-10,17H2,1H3;1H/t13-,14+;/m0./s1. The van der Waals surface area contributed by atoms with Crippen molar-refractivity contribution in [3.05, 3.63) is 57.8 Å². The second kappa shape index (κ2) is 6.60. The average molecular weight is 323 g/mol. The first-order valence-corrected chi connectivity index (χ1v) is 7.63. The third kappa shape index (κ3) is 3.28. The third-order valence-corrected chi connectivity index (χ3v) is 4.82. The fraction of sp³-hybridized carbons (Fsp3) is 0.312. The number of hydrogen-bond donors (Lipinski definition) is 1. The van der Waals surface area contributed by atoms with Crippen molar-refractivity contribution >= 4 is 29.7 Å². The van der Waals surface area contributed by atoms with Gasteiger partial charge in [-0.25, -0.2) is 0 Å². The fourth-order valence-electron chi connectivity index (χ4n) is 2.75. The van der Waals surface area contributed by atoms with Gasteiger partial charge in [-0.15, -0.1) is 23.7 Å². The minimum Gasteiger partial charge on any atom is -0.336 e. The molecule has 5 heteroatoms. The van der Waals surface area contributed by atoms with Crippen LogP contribution in [0.5, 0.6) is 0 Å². The number of carbonyl (C=O) groups is 1. The van der Waals surface area contributed by atoms with Gasteiger partial charge in [0.15, 0.2) is 0 Å². The van der Waals surface area contributed by atoms with Gasteiger partial charge in [-0.1, -0.05) is 30.3 Å². The second-order valence-electron chi connectivity index (χ2n) is 5.30. The summed E-state index contributed by atoms with van der Waals surface area (Å²) in [6, 6.07) is 14.1. The van der Waals surface area contributed by atoms with Crippen LogP contribution in [-0.2, 0) is 0 Å². The lowest BCUT2D eigenvalue weighted by Gasteiger charge is -2.15. The summed E-state index contributed by atoms with van der Waals surface area (Å²) in [6.45, 7) is 3.36. The van der Waals surface area contributed by atoms with E-state index in [0.29, 0.717) is 13.1 Å². The molecular weight excluding hydrogens is 304 g/mol. The molecule has 1 amide bonds. The summed E-state index contributed by atoms with van der Waals surface area (Å²) in [5.41, 5.74) is 7.45. The topological polar surface area (TPSA) is 46.3 Å². The summed E-state index contributed by atoms with van der Waals surface area (Å²) in [7, 11) is 0. The number of rotatable bonds is 2. The van der Waals surface area contributed by atoms with E-state index in [4.69, 9.17) is 5.73 Å². The number of nitrogens with two attached hydrogens (primary N) is 1. The van der Waals surface area contributed by atoms with E-state index < -0.39 is 0 Å². The highest BCUT2D eigenvalue weighted by Crippen LogP contribution is 2.28. The molecule has 2 N–H and O–H groups in total. The van der Waals surface area contributed by atoms with E-state index in [0.717, 1.165) is 9.75 Å². The van der Waals surface area contributed by atoms with E-state index >= 15 is 0 Å². The van der Waals surface area contributed by atoms with Gasteiger partial charge in [0.05, 0.1) is 4.88 Å². The molecule has 2 atom stereocenters. The van der Waals surface area contributed by atoms with E-state index in [1.807, 2.05) is 42.2 Å². The summed E-state index contributed by atoms with van der Waals surface area (Å²) in [6.07, 6.45) is 0. The predicted octanol–water partition coefficient (Wildman–Crippen LogP) is 3.05. The largest absolute Gasteiger partial charge is 0.336 e. The number of hydrogen-bond acceptors (Lipinski definition) is 3. The molecule has 1 saturated heterocycles. The van der Waals surface area contributed by atoms with Crippen LogP contribution in [0.25, 0.3) is 0 Å². The second-order valence-corrected chi connectivity index (χ2v) is 6.59. The maximum Gasteiger partial charge on any atom is 0.264 e. The van der Waals surface area contributed by atoms with Crippen molar-refractivity contribution < 1.29 is 4.79 Å². The summed E-state index contributed by atoms with van der Waals surface area (Å²) >= 11 is 1.55. The van der Waals surface area contributed by atoms with Crippen LogP contribution in [-0.4, -0.2) is 29.9 Å². The fourth-order valence-corrected chi connectivity index (χ4v) is 3.59. The minimum absolute atomic E-state index is 0. The minimum atomic E-state index is 0. The quantitative estimate of drug-likeness (QED) is 0.923. The Hall–Kier alpha value is -1.36. The molecule has 21 heavy (non-hydrogen) atoms. The highest BCUT2D eigenvalue weighted by Gasteiger charge is 2.34. The lowest BCUT2D eigenvalue weighted by molar-refractivity contribution is 0.0794. The molecule has 1 aromatic carbocycles. The SMILES string of the molecule is Cc1ccc(C(=O)N2C[C@@H](N)[C@H](c3ccccc3)C2)s1.Cl. The summed E-state index contributed by atoms with van der Waals surface area (Å²) < 4.78 is 0. The van der Waals surface area contributed by atoms with Gasteiger partial charge in [0.2, 0.25) is 0 Å². The maximum absolute atomic E-state index is 12.5. The zero-order valence-corrected chi connectivity index (χ0v) is 13.5. The number of carbonyl (C=O) groups excluding carboxylic acids is 1. The van der Waals surface area contributed by atoms with Crippen molar-refractivity contribution in [2.45, 2.75) is 18.9 Å². The zero-order valence-electron chi connectivity index (χ0n) is 11.9. The summed E-state index contributed by atoms with van der Waals surface area (Å²) in [5, 5.41) is 0. The van der Waals surface area contributed by atoms with Gasteiger partial charge < -0.3 is 10.6 Å². The molecular formula is C16H19ClN2OS. The van der Waals surface area contributed by atoms with Gasteiger partial charge >= 0.3 is 0 Å². The van der Waals surface area contributed by atoms with Crippen molar-refractivity contribution in [1.29, 1.82) is 0 Å². The van der Waals surface area contributed by atoms with Gasteiger partial charge in [0.25, 0.3) is 5.91 Å². The molecule has 2 heterocycles. The molecule has 112 valence electrons. The Bertz CT molecular complexity index is 614. The molecule has 1 aromatic heterocycles. The smallest absolute Gasteiger partial charge is 0.264 e. The van der Waals surface area contributed by atoms with Gasteiger partial charge in [0, 0.05) is 29.9 Å². The van der Waals surface area contributed by atoms with Crippen LogP contribution in [0.15, 0.2) is 42.5 Å². The first kappa shape index (κ1) is 16.0. The Labute approximate surface area is 135 Å². The van der Waals surface area contributed by atoms with Crippen LogP contribution in [0.4, 0.5) is 0 Å². The predicted molar refractivity (Wildman–Crippen MR) is 89.4 cm³/mol. The van der Waals surface area contributed by atoms with E-state index in [9.17, 15) is 4.79 Å². The van der Waals surface area contributed by atoms with E-state index in [-0.39, 0.29) is 30.3 Å². The van der Waals surface area contributed by atoms with Gasteiger partial charge in [-0.2, -0.15) is 0 Å². The Balaban J connectivity index is 0.00000161. The maximum atomic E-state index is 12.5. The molecule has 0 spiro atoms. The Morgan fingerprint density at radius 3 is 2.52 bits per heavy atom. The number of likely N-dealkylation sites (tertiary alicyclic amines) is 1. The van der Waals surface area contributed by atoms with E-state index in [1.165, 1.54) is 5.56 Å². The molecule has 3 rings (SSSR count). The lowest BCUT2D eigenvalue weighted by atomic mass is 9.95. The van der Waals surface area contributed by atoms with Gasteiger partial charge in [-0.05, 0) is 24.6 Å². The molecule has 1 aliphatic rings. The van der Waals surface area contributed by atoms with Gasteiger partial charge in [-0.3, -0.25) is 4.79 Å². The van der Waals surface area contributed by atoms with Crippen molar-refractivity contribution in [2.24, 2.45) is 5.73 Å². The van der Waals surface area contributed by atoms with E-state index in [2.05, 4.69) is 12.1 Å². The molecule has 0 saturated carbocycles. The van der Waals surface area contributed by atoms with Crippen LogP contribution in [0.2, 0.25) is 0 Å². The van der Waals surface area contributed by atoms with Crippen LogP contribution in [0, 0.1) is 6.92 Å². The lowest BCUT2D eigenvalue weighted by Crippen LogP contribution is -2.31. The number of aryl methyl sites for hydroxylation is 1. The molecule has 2 aromatic rings. The molecule has 0 radical (unpaired) electrons. The van der Waals surface area contributed by atoms with Crippen molar-refractivity contribution in [1.82, 2.24) is 4.90 Å². The number of halogens is 1. The molecule has 1 fully saturated rings. The number of amides is 1. The van der Waals surface area contributed by atoms with E-state index in [1.54, 1.807) is 11.3 Å². The molecule has 3 nitrogen and oxygen atoms in total. The Morgan fingerprint density at radius 2 is 1.90 bits per heavy atom. The van der Waals surface area contributed by atoms with Crippen LogP contribution < -0.4 is 5.73 Å². The zero-order chi connectivity index (χ0) is 14.1. The van der Waals surface area contributed by atoms with Crippen molar-refractivity contribution in [3.63, 3.8) is 0 Å². The molecule has 0 unspecified atom stereocenters. The highest BCUT2D eigenvalue weighted by atomic mass is 35.5. The number of thiophene rings is 1. The van der Waals surface area contributed by atoms with Crippen molar-refractivity contribution in [3.8, 4) is 0 Å². The average Bonchev–Trinajstić information content (AvgIpc) is 3.05. The third-order valence-electron chi connectivity index (χ3n) is 3.83. The summed E-state index contributed by atoms with van der Waals surface area (Å²) in [5.74, 6) is 0.346. The number of nitrogens with zero attached hydrogens (tertiary/aromatic N) is 1. The highest BCUT2D eigenvalue weighted by molar-refractivity contribution is 7.13. The van der Waals surface area contributed by atoms with Crippen LogP contribution in [0.1, 0.15) is 26.0 Å². The van der Waals surface area contributed by atoms with Crippen LogP contribution >= 0.6 is 23.7 Å². The normalized spacial score (nSPS) is 21.1. The van der Waals surface area contributed by atoms with Crippen LogP contribution in [0.3, 0.4) is 0 Å². The number of benzene rings is 1. The molecule has 0 bridgehead atoms. The summed E-state index contributed by atoms with van der Waals surface area (Å²) in [4.78, 5) is 16.3. The first-order chi connectivity index (χ1) is 9.65. The first-order valence-electron chi connectivity index (χ1n) is 6.81. The molecule has 0 aliphatic carbocycles. The monoisotopic (exact) mass is 322 g/mol. The van der Waals surface area contributed by atoms with Gasteiger partial charge in [0.1, 0.15) is 0 Å². The molecule has 1 aliphatic heterocycles. The van der Waals surface area contributed by atoms with Crippen molar-refractivity contribution in [2.75, 3.05) is 13.1 Å². The Kier molecular flexibility index (Phi) is 5.04. The Morgan fingerprint density at radius 1 is 1.19 bits per heavy atom.